The Kier molecular flexibility index (Phi) is 4.60. The first-order valence-corrected chi connectivity index (χ1v) is 8.13. The molecule has 8 heteroatoms. The summed E-state index contributed by atoms with van der Waals surface area (Å²) in [7, 11) is 0. The minimum atomic E-state index is -0.739. The quantitative estimate of drug-likeness (QED) is 0.738. The number of carbonyl (C=O) groups excluding carboxylic acids is 1. The normalized spacial score (nSPS) is 12.5. The van der Waals surface area contributed by atoms with E-state index in [2.05, 4.69) is 39.3 Å². The van der Waals surface area contributed by atoms with Crippen LogP contribution in [0.25, 0.3) is 10.9 Å². The summed E-state index contributed by atoms with van der Waals surface area (Å²) in [6, 6.07) is 6.30. The fraction of sp³-hybridized carbons (Fsp3) is 0.353. The van der Waals surface area contributed by atoms with Crippen molar-refractivity contribution in [3.63, 3.8) is 0 Å². The Hall–Kier alpha value is -3.03. The summed E-state index contributed by atoms with van der Waals surface area (Å²) in [4.78, 5) is 33.5. The average molecular weight is 340 g/mol. The van der Waals surface area contributed by atoms with Crippen LogP contribution in [-0.4, -0.2) is 30.6 Å². The van der Waals surface area contributed by atoms with E-state index in [0.717, 1.165) is 6.42 Å². The predicted molar refractivity (Wildman–Crippen MR) is 94.3 cm³/mol. The van der Waals surface area contributed by atoms with Crippen LogP contribution < -0.4 is 10.9 Å². The van der Waals surface area contributed by atoms with Gasteiger partial charge in [0.05, 0.1) is 17.2 Å². The molecule has 1 aromatic carbocycles. The minimum Gasteiger partial charge on any atom is -0.291 e. The number of para-hydroxylation sites is 1. The lowest BCUT2D eigenvalue weighted by Crippen LogP contribution is -2.32. The summed E-state index contributed by atoms with van der Waals surface area (Å²) in [5.74, 6) is 0.962. The molecule has 130 valence electrons. The molecule has 0 bridgehead atoms. The van der Waals surface area contributed by atoms with E-state index in [1.807, 2.05) is 6.07 Å². The lowest BCUT2D eigenvalue weighted by molar-refractivity contribution is -0.118. The Morgan fingerprint density at radius 2 is 2.04 bits per heavy atom. The van der Waals surface area contributed by atoms with Crippen LogP contribution >= 0.6 is 0 Å². The topological polar surface area (TPSA) is 106 Å². The van der Waals surface area contributed by atoms with Gasteiger partial charge in [0.25, 0.3) is 5.56 Å². The van der Waals surface area contributed by atoms with E-state index < -0.39 is 6.04 Å². The Bertz CT molecular complexity index is 959. The molecular formula is C17H20N6O2. The lowest BCUT2D eigenvalue weighted by Gasteiger charge is -2.13. The number of nitrogens with one attached hydrogen (secondary N) is 2. The van der Waals surface area contributed by atoms with E-state index in [4.69, 9.17) is 0 Å². The number of fused-ring (bicyclic) bond motifs is 1. The largest absolute Gasteiger partial charge is 0.291 e. The molecule has 1 atom stereocenters. The highest BCUT2D eigenvalue weighted by molar-refractivity contribution is 5.92. The molecule has 2 heterocycles. The zero-order chi connectivity index (χ0) is 18.0. The summed E-state index contributed by atoms with van der Waals surface area (Å²) in [5.41, 5.74) is 0.340. The first-order valence-electron chi connectivity index (χ1n) is 8.13. The van der Waals surface area contributed by atoms with Crippen molar-refractivity contribution in [2.24, 2.45) is 5.92 Å². The maximum absolute atomic E-state index is 12.6. The third-order valence-electron chi connectivity index (χ3n) is 3.86. The van der Waals surface area contributed by atoms with Crippen molar-refractivity contribution < 1.29 is 4.79 Å². The molecule has 2 N–H and O–H groups in total. The highest BCUT2D eigenvalue weighted by atomic mass is 16.2. The van der Waals surface area contributed by atoms with Crippen molar-refractivity contribution >= 4 is 22.8 Å². The number of aromatic amines is 1. The SMILES string of the molecule is CC(C)Cc1nc(NC(=O)[C@@H](C)n2cnc3ccccc3c2=O)n[nH]1. The molecule has 3 rings (SSSR count). The highest BCUT2D eigenvalue weighted by Crippen LogP contribution is 2.11. The van der Waals surface area contributed by atoms with E-state index in [1.165, 1.54) is 10.9 Å². The molecule has 0 radical (unpaired) electrons. The standard InChI is InChI=1S/C17H20N6O2/c1-10(2)8-14-19-17(22-21-14)20-15(24)11(3)23-9-18-13-7-5-4-6-12(13)16(23)25/h4-7,9-11H,8H2,1-3H3,(H2,19,20,21,22,24)/t11-/m1/s1. The number of hydrogen-bond acceptors (Lipinski definition) is 5. The van der Waals surface area contributed by atoms with Crippen LogP contribution in [0.3, 0.4) is 0 Å². The average Bonchev–Trinajstić information content (AvgIpc) is 3.01. The Labute approximate surface area is 144 Å². The van der Waals surface area contributed by atoms with Gasteiger partial charge in [-0.1, -0.05) is 26.0 Å². The summed E-state index contributed by atoms with van der Waals surface area (Å²) in [6.45, 7) is 5.78. The third kappa shape index (κ3) is 3.57. The molecule has 3 aromatic rings. The molecule has 1 amide bonds. The predicted octanol–water partition coefficient (Wildman–Crippen LogP) is 1.91. The van der Waals surface area contributed by atoms with Gasteiger partial charge in [0.2, 0.25) is 11.9 Å². The Balaban J connectivity index is 1.80. The van der Waals surface area contributed by atoms with E-state index in [9.17, 15) is 9.59 Å². The van der Waals surface area contributed by atoms with Crippen molar-refractivity contribution in [1.82, 2.24) is 24.7 Å². The second-order valence-electron chi connectivity index (χ2n) is 6.34. The van der Waals surface area contributed by atoms with Gasteiger partial charge in [-0.25, -0.2) is 4.98 Å². The minimum absolute atomic E-state index is 0.203. The van der Waals surface area contributed by atoms with Crippen molar-refractivity contribution in [3.8, 4) is 0 Å². The van der Waals surface area contributed by atoms with E-state index in [-0.39, 0.29) is 17.4 Å². The van der Waals surface area contributed by atoms with Crippen molar-refractivity contribution in [2.75, 3.05) is 5.32 Å². The fourth-order valence-electron chi connectivity index (χ4n) is 2.53. The number of carbonyl (C=O) groups is 1. The zero-order valence-electron chi connectivity index (χ0n) is 14.4. The summed E-state index contributed by atoms with van der Waals surface area (Å²) < 4.78 is 1.30. The molecule has 0 aliphatic heterocycles. The van der Waals surface area contributed by atoms with Crippen LogP contribution in [0.5, 0.6) is 0 Å². The van der Waals surface area contributed by atoms with Crippen molar-refractivity contribution in [3.05, 3.63) is 46.8 Å². The van der Waals surface area contributed by atoms with Crippen molar-refractivity contribution in [2.45, 2.75) is 33.2 Å². The van der Waals surface area contributed by atoms with Crippen LogP contribution in [0.4, 0.5) is 5.95 Å². The van der Waals surface area contributed by atoms with Crippen LogP contribution in [0, 0.1) is 5.92 Å². The van der Waals surface area contributed by atoms with Crippen molar-refractivity contribution in [1.29, 1.82) is 0 Å². The first kappa shape index (κ1) is 16.8. The molecular weight excluding hydrogens is 320 g/mol. The number of hydrogen-bond donors (Lipinski definition) is 2. The molecule has 0 aliphatic carbocycles. The number of rotatable bonds is 5. The van der Waals surface area contributed by atoms with Crippen LogP contribution in [0.15, 0.2) is 35.4 Å². The molecule has 0 spiro atoms. The molecule has 0 aliphatic rings. The maximum Gasteiger partial charge on any atom is 0.261 e. The van der Waals surface area contributed by atoms with Gasteiger partial charge in [0, 0.05) is 6.42 Å². The van der Waals surface area contributed by atoms with E-state index in [1.54, 1.807) is 25.1 Å². The Morgan fingerprint density at radius 3 is 2.80 bits per heavy atom. The molecule has 2 aromatic heterocycles. The van der Waals surface area contributed by atoms with Crippen LogP contribution in [0.1, 0.15) is 32.6 Å². The van der Waals surface area contributed by atoms with Gasteiger partial charge >= 0.3 is 0 Å². The Morgan fingerprint density at radius 1 is 1.28 bits per heavy atom. The van der Waals surface area contributed by atoms with E-state index in [0.29, 0.717) is 22.6 Å². The number of benzene rings is 1. The lowest BCUT2D eigenvalue weighted by atomic mass is 10.1. The zero-order valence-corrected chi connectivity index (χ0v) is 14.4. The number of amides is 1. The molecule has 0 saturated carbocycles. The van der Waals surface area contributed by atoms with Crippen LogP contribution in [-0.2, 0) is 11.2 Å². The van der Waals surface area contributed by atoms with Gasteiger partial charge in [-0.05, 0) is 25.0 Å². The molecule has 0 fully saturated rings. The number of nitrogens with zero attached hydrogens (tertiary/aromatic N) is 4. The maximum atomic E-state index is 12.6. The molecule has 25 heavy (non-hydrogen) atoms. The third-order valence-corrected chi connectivity index (χ3v) is 3.86. The highest BCUT2D eigenvalue weighted by Gasteiger charge is 2.19. The molecule has 0 saturated heterocycles. The first-order chi connectivity index (χ1) is 12.0. The van der Waals surface area contributed by atoms with Gasteiger partial charge in [-0.2, -0.15) is 4.98 Å². The van der Waals surface area contributed by atoms with Gasteiger partial charge < -0.3 is 0 Å². The second kappa shape index (κ2) is 6.84. The fourth-order valence-corrected chi connectivity index (χ4v) is 2.53. The second-order valence-corrected chi connectivity index (χ2v) is 6.34. The number of H-pyrrole nitrogens is 1. The van der Waals surface area contributed by atoms with Gasteiger partial charge in [0.15, 0.2) is 0 Å². The number of aromatic nitrogens is 5. The van der Waals surface area contributed by atoms with Gasteiger partial charge in [-0.15, -0.1) is 5.10 Å². The monoisotopic (exact) mass is 340 g/mol. The molecule has 0 unspecified atom stereocenters. The van der Waals surface area contributed by atoms with Crippen LogP contribution in [0.2, 0.25) is 0 Å². The van der Waals surface area contributed by atoms with E-state index >= 15 is 0 Å². The molecule has 8 nitrogen and oxygen atoms in total. The van der Waals surface area contributed by atoms with Gasteiger partial charge in [-0.3, -0.25) is 24.6 Å². The van der Waals surface area contributed by atoms with Gasteiger partial charge in [0.1, 0.15) is 11.9 Å². The summed E-state index contributed by atoms with van der Waals surface area (Å²) >= 11 is 0. The smallest absolute Gasteiger partial charge is 0.261 e. The summed E-state index contributed by atoms with van der Waals surface area (Å²) in [6.07, 6.45) is 2.13. The summed E-state index contributed by atoms with van der Waals surface area (Å²) in [5, 5.41) is 9.89. The number of anilines is 1.